The molecule has 1 aromatic carbocycles. The van der Waals surface area contributed by atoms with Crippen LogP contribution in [0.3, 0.4) is 0 Å². The molecular formula is C16H25BrN2O2. The molecular weight excluding hydrogens is 332 g/mol. The van der Waals surface area contributed by atoms with Gasteiger partial charge in [-0.15, -0.1) is 0 Å². The summed E-state index contributed by atoms with van der Waals surface area (Å²) in [6.07, 6.45) is -0.380. The Morgan fingerprint density at radius 2 is 2.05 bits per heavy atom. The molecule has 0 fully saturated rings. The minimum Gasteiger partial charge on any atom is -0.444 e. The minimum absolute atomic E-state index is 0.00809. The van der Waals surface area contributed by atoms with Crippen LogP contribution < -0.4 is 10.6 Å². The zero-order chi connectivity index (χ0) is 16.0. The molecule has 1 amide bonds. The van der Waals surface area contributed by atoms with Crippen LogP contribution in [0.2, 0.25) is 0 Å². The number of alkyl carbamates (subject to hydrolysis) is 1. The predicted molar refractivity (Wildman–Crippen MR) is 89.4 cm³/mol. The molecule has 0 bridgehead atoms. The van der Waals surface area contributed by atoms with Gasteiger partial charge in [0.25, 0.3) is 0 Å². The summed E-state index contributed by atoms with van der Waals surface area (Å²) in [4.78, 5) is 11.6. The van der Waals surface area contributed by atoms with Gasteiger partial charge < -0.3 is 15.4 Å². The second-order valence-electron chi connectivity index (χ2n) is 6.26. The molecule has 118 valence electrons. The average molecular weight is 357 g/mol. The van der Waals surface area contributed by atoms with Gasteiger partial charge in [-0.1, -0.05) is 28.1 Å². The number of carbonyl (C=O) groups excluding carboxylic acids is 1. The van der Waals surface area contributed by atoms with Gasteiger partial charge in [-0.3, -0.25) is 0 Å². The van der Waals surface area contributed by atoms with Gasteiger partial charge in [0.1, 0.15) is 5.60 Å². The van der Waals surface area contributed by atoms with Crippen molar-refractivity contribution >= 4 is 22.0 Å². The number of ether oxygens (including phenoxy) is 1. The Labute approximate surface area is 135 Å². The van der Waals surface area contributed by atoms with E-state index >= 15 is 0 Å². The van der Waals surface area contributed by atoms with E-state index in [0.29, 0.717) is 6.54 Å². The number of aryl methyl sites for hydroxylation is 1. The quantitative estimate of drug-likeness (QED) is 0.844. The fourth-order valence-electron chi connectivity index (χ4n) is 1.74. The van der Waals surface area contributed by atoms with Crippen LogP contribution in [0.15, 0.2) is 22.7 Å². The molecule has 4 nitrogen and oxygen atoms in total. The van der Waals surface area contributed by atoms with E-state index < -0.39 is 5.60 Å². The third-order valence-electron chi connectivity index (χ3n) is 2.78. The van der Waals surface area contributed by atoms with Gasteiger partial charge in [0.2, 0.25) is 0 Å². The summed E-state index contributed by atoms with van der Waals surface area (Å²) < 4.78 is 6.33. The van der Waals surface area contributed by atoms with Gasteiger partial charge in [-0.05, 0) is 51.8 Å². The Morgan fingerprint density at radius 1 is 1.38 bits per heavy atom. The highest BCUT2D eigenvalue weighted by molar-refractivity contribution is 9.10. The van der Waals surface area contributed by atoms with Crippen molar-refractivity contribution < 1.29 is 9.53 Å². The van der Waals surface area contributed by atoms with E-state index in [0.717, 1.165) is 11.0 Å². The van der Waals surface area contributed by atoms with Crippen molar-refractivity contribution in [1.29, 1.82) is 0 Å². The molecule has 2 N–H and O–H groups in total. The lowest BCUT2D eigenvalue weighted by Crippen LogP contribution is -2.42. The molecule has 0 saturated carbocycles. The molecule has 21 heavy (non-hydrogen) atoms. The molecule has 0 spiro atoms. The van der Waals surface area contributed by atoms with E-state index in [-0.39, 0.29) is 12.1 Å². The van der Waals surface area contributed by atoms with E-state index in [1.807, 2.05) is 27.7 Å². The molecule has 5 heteroatoms. The third kappa shape index (κ3) is 7.48. The van der Waals surface area contributed by atoms with Crippen LogP contribution in [0.25, 0.3) is 0 Å². The molecule has 0 aliphatic rings. The van der Waals surface area contributed by atoms with Gasteiger partial charge in [0, 0.05) is 23.6 Å². The molecule has 1 aromatic rings. The molecule has 0 aliphatic heterocycles. The minimum atomic E-state index is -0.467. The number of benzene rings is 1. The number of amides is 1. The van der Waals surface area contributed by atoms with Crippen LogP contribution in [-0.2, 0) is 11.3 Å². The maximum atomic E-state index is 11.6. The van der Waals surface area contributed by atoms with Crippen LogP contribution in [0.1, 0.15) is 38.8 Å². The molecule has 0 heterocycles. The Hall–Kier alpha value is -1.07. The summed E-state index contributed by atoms with van der Waals surface area (Å²) in [7, 11) is 0. The molecule has 1 rings (SSSR count). The van der Waals surface area contributed by atoms with E-state index in [9.17, 15) is 4.79 Å². The zero-order valence-electron chi connectivity index (χ0n) is 13.4. The smallest absolute Gasteiger partial charge is 0.407 e. The molecule has 0 saturated heterocycles. The fourth-order valence-corrected chi connectivity index (χ4v) is 2.17. The van der Waals surface area contributed by atoms with E-state index in [4.69, 9.17) is 4.74 Å². The number of nitrogens with one attached hydrogen (secondary N) is 2. The number of hydrogen-bond acceptors (Lipinski definition) is 3. The Kier molecular flexibility index (Phi) is 6.68. The second-order valence-corrected chi connectivity index (χ2v) is 7.12. The highest BCUT2D eigenvalue weighted by Gasteiger charge is 2.17. The van der Waals surface area contributed by atoms with Gasteiger partial charge in [-0.2, -0.15) is 0 Å². The first kappa shape index (κ1) is 18.0. The first-order valence-electron chi connectivity index (χ1n) is 7.12. The first-order chi connectivity index (χ1) is 9.67. The average Bonchev–Trinajstić information content (AvgIpc) is 2.31. The molecule has 0 aliphatic carbocycles. The molecule has 1 unspecified atom stereocenters. The Bertz CT molecular complexity index is 484. The van der Waals surface area contributed by atoms with Crippen molar-refractivity contribution in [2.45, 2.75) is 52.8 Å². The monoisotopic (exact) mass is 356 g/mol. The lowest BCUT2D eigenvalue weighted by atomic mass is 10.1. The van der Waals surface area contributed by atoms with Gasteiger partial charge in [0.05, 0.1) is 0 Å². The van der Waals surface area contributed by atoms with Crippen molar-refractivity contribution in [3.63, 3.8) is 0 Å². The highest BCUT2D eigenvalue weighted by atomic mass is 79.9. The Balaban J connectivity index is 2.31. The maximum absolute atomic E-state index is 11.6. The lowest BCUT2D eigenvalue weighted by molar-refractivity contribution is 0.0508. The number of carbonyl (C=O) groups is 1. The summed E-state index contributed by atoms with van der Waals surface area (Å²) in [5.74, 6) is 0. The lowest BCUT2D eigenvalue weighted by Gasteiger charge is -2.22. The summed E-state index contributed by atoms with van der Waals surface area (Å²) >= 11 is 3.53. The van der Waals surface area contributed by atoms with Crippen LogP contribution in [0.4, 0.5) is 4.79 Å². The number of hydrogen-bond donors (Lipinski definition) is 2. The van der Waals surface area contributed by atoms with Crippen molar-refractivity contribution in [2.24, 2.45) is 0 Å². The topological polar surface area (TPSA) is 50.4 Å². The maximum Gasteiger partial charge on any atom is 0.407 e. The van der Waals surface area contributed by atoms with Crippen LogP contribution >= 0.6 is 15.9 Å². The summed E-state index contributed by atoms with van der Waals surface area (Å²) in [5, 5.41) is 6.14. The van der Waals surface area contributed by atoms with E-state index in [1.54, 1.807) is 0 Å². The summed E-state index contributed by atoms with van der Waals surface area (Å²) in [6, 6.07) is 6.30. The predicted octanol–water partition coefficient (Wildman–Crippen LogP) is 3.76. The van der Waals surface area contributed by atoms with Crippen molar-refractivity contribution in [1.82, 2.24) is 10.6 Å². The van der Waals surface area contributed by atoms with Crippen molar-refractivity contribution in [3.05, 3.63) is 33.8 Å². The second kappa shape index (κ2) is 7.80. The fraction of sp³-hybridized carbons (Fsp3) is 0.562. The first-order valence-corrected chi connectivity index (χ1v) is 7.92. The zero-order valence-corrected chi connectivity index (χ0v) is 15.0. The van der Waals surface area contributed by atoms with Gasteiger partial charge in [-0.25, -0.2) is 4.79 Å². The summed E-state index contributed by atoms with van der Waals surface area (Å²) in [5.41, 5.74) is 1.96. The standard InChI is InChI=1S/C16H25BrN2O2/c1-11-6-7-13(8-14(11)17)10-18-9-12(2)19-15(20)21-16(3,4)5/h6-8,12,18H,9-10H2,1-5H3,(H,19,20). The van der Waals surface area contributed by atoms with Crippen LogP contribution in [-0.4, -0.2) is 24.3 Å². The molecule has 1 atom stereocenters. The van der Waals surface area contributed by atoms with Crippen molar-refractivity contribution in [2.75, 3.05) is 6.54 Å². The van der Waals surface area contributed by atoms with Gasteiger partial charge >= 0.3 is 6.09 Å². The molecule has 0 aromatic heterocycles. The van der Waals surface area contributed by atoms with E-state index in [2.05, 4.69) is 51.7 Å². The third-order valence-corrected chi connectivity index (χ3v) is 3.63. The SMILES string of the molecule is Cc1ccc(CNCC(C)NC(=O)OC(C)(C)C)cc1Br. The number of halogens is 1. The Morgan fingerprint density at radius 3 is 2.62 bits per heavy atom. The largest absolute Gasteiger partial charge is 0.444 e. The van der Waals surface area contributed by atoms with Crippen molar-refractivity contribution in [3.8, 4) is 0 Å². The highest BCUT2D eigenvalue weighted by Crippen LogP contribution is 2.17. The number of rotatable bonds is 5. The summed E-state index contributed by atoms with van der Waals surface area (Å²) in [6.45, 7) is 11.0. The normalized spacial score (nSPS) is 12.9. The van der Waals surface area contributed by atoms with Crippen LogP contribution in [0.5, 0.6) is 0 Å². The van der Waals surface area contributed by atoms with Crippen LogP contribution in [0, 0.1) is 6.92 Å². The molecule has 0 radical (unpaired) electrons. The van der Waals surface area contributed by atoms with Gasteiger partial charge in [0.15, 0.2) is 0 Å². The van der Waals surface area contributed by atoms with E-state index in [1.165, 1.54) is 11.1 Å².